The largest absolute Gasteiger partial charge is 0.490 e. The summed E-state index contributed by atoms with van der Waals surface area (Å²) in [5.74, 6) is 0.559. The fourth-order valence-corrected chi connectivity index (χ4v) is 5.34. The number of carbonyl (C=O) groups is 2. The van der Waals surface area contributed by atoms with Crippen LogP contribution in [-0.2, 0) is 14.3 Å². The van der Waals surface area contributed by atoms with Crippen molar-refractivity contribution in [3.05, 3.63) is 84.5 Å². The number of esters is 2. The first-order valence-electron chi connectivity index (χ1n) is 12.6. The van der Waals surface area contributed by atoms with Gasteiger partial charge in [-0.2, -0.15) is 0 Å². The first-order chi connectivity index (χ1) is 18.8. The van der Waals surface area contributed by atoms with Gasteiger partial charge in [-0.1, -0.05) is 29.5 Å². The van der Waals surface area contributed by atoms with Gasteiger partial charge in [-0.25, -0.2) is 9.79 Å². The first-order valence-corrected chi connectivity index (χ1v) is 13.5. The monoisotopic (exact) mass is 550 g/mol. The summed E-state index contributed by atoms with van der Waals surface area (Å²) in [6.07, 6.45) is 1.74. The molecule has 9 nitrogen and oxygen atoms in total. The fraction of sp³-hybridized carbons (Fsp3) is 0.310. The van der Waals surface area contributed by atoms with Gasteiger partial charge in [0.25, 0.3) is 5.56 Å². The lowest BCUT2D eigenvalue weighted by molar-refractivity contribution is -0.139. The third kappa shape index (κ3) is 5.96. The lowest BCUT2D eigenvalue weighted by Crippen LogP contribution is -2.40. The molecule has 2 heterocycles. The molecule has 1 aromatic heterocycles. The molecule has 4 rings (SSSR count). The molecule has 1 unspecified atom stereocenters. The van der Waals surface area contributed by atoms with Crippen molar-refractivity contribution in [3.8, 4) is 17.2 Å². The zero-order chi connectivity index (χ0) is 28.1. The number of ether oxygens (including phenoxy) is 4. The van der Waals surface area contributed by atoms with Gasteiger partial charge in [0.15, 0.2) is 16.3 Å². The summed E-state index contributed by atoms with van der Waals surface area (Å²) < 4.78 is 24.0. The Balaban J connectivity index is 1.88. The number of benzene rings is 2. The molecule has 0 fully saturated rings. The second kappa shape index (κ2) is 12.1. The zero-order valence-corrected chi connectivity index (χ0v) is 23.3. The molecule has 0 bridgehead atoms. The Morgan fingerprint density at radius 2 is 1.69 bits per heavy atom. The van der Waals surface area contributed by atoms with Crippen LogP contribution < -0.4 is 29.1 Å². The van der Waals surface area contributed by atoms with Crippen molar-refractivity contribution in [2.75, 3.05) is 19.8 Å². The van der Waals surface area contributed by atoms with E-state index in [1.807, 2.05) is 19.9 Å². The second-order valence-corrected chi connectivity index (χ2v) is 9.55. The van der Waals surface area contributed by atoms with Crippen molar-refractivity contribution < 1.29 is 28.5 Å². The summed E-state index contributed by atoms with van der Waals surface area (Å²) in [6, 6.07) is 11.4. The summed E-state index contributed by atoms with van der Waals surface area (Å²) in [5.41, 5.74) is 1.87. The van der Waals surface area contributed by atoms with Crippen LogP contribution >= 0.6 is 11.3 Å². The molecule has 0 radical (unpaired) electrons. The fourth-order valence-electron chi connectivity index (χ4n) is 4.29. The molecule has 2 aromatic carbocycles. The Kier molecular flexibility index (Phi) is 8.65. The number of hydrogen-bond acceptors (Lipinski definition) is 9. The molecule has 0 spiro atoms. The van der Waals surface area contributed by atoms with Crippen LogP contribution in [0.4, 0.5) is 0 Å². The van der Waals surface area contributed by atoms with E-state index in [0.29, 0.717) is 51.1 Å². The van der Waals surface area contributed by atoms with Crippen molar-refractivity contribution in [2.45, 2.75) is 40.7 Å². The van der Waals surface area contributed by atoms with Crippen LogP contribution in [0.1, 0.15) is 51.8 Å². The summed E-state index contributed by atoms with van der Waals surface area (Å²) in [4.78, 5) is 43.2. The minimum Gasteiger partial charge on any atom is -0.490 e. The van der Waals surface area contributed by atoms with Gasteiger partial charge >= 0.3 is 11.9 Å². The Morgan fingerprint density at radius 3 is 2.33 bits per heavy atom. The predicted molar refractivity (Wildman–Crippen MR) is 147 cm³/mol. The van der Waals surface area contributed by atoms with Crippen LogP contribution in [-0.4, -0.2) is 36.3 Å². The summed E-state index contributed by atoms with van der Waals surface area (Å²) in [6.45, 7) is 9.63. The normalized spacial score (nSPS) is 14.9. The number of fused-ring (bicyclic) bond motifs is 1. The van der Waals surface area contributed by atoms with E-state index >= 15 is 0 Å². The van der Waals surface area contributed by atoms with Gasteiger partial charge < -0.3 is 18.9 Å². The van der Waals surface area contributed by atoms with Crippen LogP contribution in [0.5, 0.6) is 17.2 Å². The van der Waals surface area contributed by atoms with Gasteiger partial charge in [-0.05, 0) is 69.2 Å². The van der Waals surface area contributed by atoms with Gasteiger partial charge in [0.05, 0.1) is 41.7 Å². The summed E-state index contributed by atoms with van der Waals surface area (Å²) in [7, 11) is 0. The first kappa shape index (κ1) is 27.8. The Morgan fingerprint density at radius 1 is 1.00 bits per heavy atom. The number of hydrogen-bond donors (Lipinski definition) is 0. The van der Waals surface area contributed by atoms with Gasteiger partial charge in [0, 0.05) is 6.92 Å². The van der Waals surface area contributed by atoms with E-state index in [1.54, 1.807) is 56.3 Å². The van der Waals surface area contributed by atoms with E-state index in [2.05, 4.69) is 4.99 Å². The number of rotatable bonds is 9. The number of carbonyl (C=O) groups excluding carboxylic acids is 2. The van der Waals surface area contributed by atoms with E-state index in [0.717, 1.165) is 5.56 Å². The molecule has 0 aliphatic carbocycles. The molecule has 1 aliphatic rings. The Bertz CT molecular complexity index is 1600. The summed E-state index contributed by atoms with van der Waals surface area (Å²) >= 11 is 1.23. The van der Waals surface area contributed by atoms with Crippen molar-refractivity contribution in [1.82, 2.24) is 4.57 Å². The number of thiazole rings is 1. The number of aromatic nitrogens is 1. The van der Waals surface area contributed by atoms with Crippen molar-refractivity contribution >= 4 is 29.4 Å². The van der Waals surface area contributed by atoms with Crippen molar-refractivity contribution in [2.24, 2.45) is 4.99 Å². The highest BCUT2D eigenvalue weighted by Gasteiger charge is 2.34. The van der Waals surface area contributed by atoms with Gasteiger partial charge in [-0.15, -0.1) is 0 Å². The van der Waals surface area contributed by atoms with E-state index in [9.17, 15) is 14.4 Å². The lowest BCUT2D eigenvalue weighted by atomic mass is 9.95. The molecule has 0 amide bonds. The quantitative estimate of drug-likeness (QED) is 0.297. The second-order valence-electron chi connectivity index (χ2n) is 8.54. The molecule has 0 N–H and O–H groups in total. The third-order valence-corrected chi connectivity index (χ3v) is 6.82. The lowest BCUT2D eigenvalue weighted by Gasteiger charge is -2.25. The van der Waals surface area contributed by atoms with Crippen molar-refractivity contribution in [1.29, 1.82) is 0 Å². The highest BCUT2D eigenvalue weighted by molar-refractivity contribution is 7.07. The maximum Gasteiger partial charge on any atom is 0.338 e. The highest BCUT2D eigenvalue weighted by Crippen LogP contribution is 2.36. The van der Waals surface area contributed by atoms with Gasteiger partial charge in [0.1, 0.15) is 5.75 Å². The molecular weight excluding hydrogens is 520 g/mol. The molecule has 0 saturated heterocycles. The summed E-state index contributed by atoms with van der Waals surface area (Å²) in [5, 5.41) is 0. The Labute approximate surface area is 229 Å². The van der Waals surface area contributed by atoms with Gasteiger partial charge in [-0.3, -0.25) is 14.2 Å². The Hall–Kier alpha value is -4.18. The molecule has 10 heteroatoms. The molecule has 3 aromatic rings. The SMILES string of the molecule is CCOC(=O)C1=C(C)N=c2s/c(=C/c3ccc(OC(C)=O)cc3)c(=O)n2C1c1ccc(OCC)c(OCC)c1. The van der Waals surface area contributed by atoms with E-state index in [1.165, 1.54) is 22.8 Å². The maximum absolute atomic E-state index is 13.8. The minimum atomic E-state index is -0.774. The minimum absolute atomic E-state index is 0.184. The van der Waals surface area contributed by atoms with E-state index < -0.39 is 18.0 Å². The van der Waals surface area contributed by atoms with Crippen molar-refractivity contribution in [3.63, 3.8) is 0 Å². The average Bonchev–Trinajstić information content (AvgIpc) is 3.19. The standard InChI is InChI=1S/C29H30N2O7S/c1-6-35-22-14-11-20(16-23(22)36-7-2)26-25(28(34)37-8-3)17(4)30-29-31(26)27(33)24(39-29)15-19-9-12-21(13-10-19)38-18(5)32/h9-16,26H,6-8H2,1-5H3/b24-15+. The number of nitrogens with zero attached hydrogens (tertiary/aromatic N) is 2. The molecule has 1 aliphatic heterocycles. The van der Waals surface area contributed by atoms with Crippen LogP contribution in [0.15, 0.2) is 63.5 Å². The van der Waals surface area contributed by atoms with Crippen LogP contribution in [0.3, 0.4) is 0 Å². The number of allylic oxidation sites excluding steroid dienone is 1. The third-order valence-electron chi connectivity index (χ3n) is 5.84. The molecule has 39 heavy (non-hydrogen) atoms. The highest BCUT2D eigenvalue weighted by atomic mass is 32.1. The molecule has 0 saturated carbocycles. The average molecular weight is 551 g/mol. The zero-order valence-electron chi connectivity index (χ0n) is 22.5. The maximum atomic E-state index is 13.8. The topological polar surface area (TPSA) is 105 Å². The predicted octanol–water partition coefficient (Wildman–Crippen LogP) is 3.52. The van der Waals surface area contributed by atoms with Crippen LogP contribution in [0.2, 0.25) is 0 Å². The van der Waals surface area contributed by atoms with Crippen LogP contribution in [0, 0.1) is 0 Å². The van der Waals surface area contributed by atoms with E-state index in [-0.39, 0.29) is 17.7 Å². The van der Waals surface area contributed by atoms with Crippen LogP contribution in [0.25, 0.3) is 6.08 Å². The smallest absolute Gasteiger partial charge is 0.338 e. The molecule has 204 valence electrons. The van der Waals surface area contributed by atoms with Gasteiger partial charge in [0.2, 0.25) is 0 Å². The van der Waals surface area contributed by atoms with E-state index in [4.69, 9.17) is 18.9 Å². The molecular formula is C29H30N2O7S. The molecule has 1 atom stereocenters.